The molecule has 2 N–H and O–H groups in total. The van der Waals surface area contributed by atoms with Gasteiger partial charge in [0.25, 0.3) is 0 Å². The van der Waals surface area contributed by atoms with Crippen molar-refractivity contribution in [1.29, 1.82) is 0 Å². The van der Waals surface area contributed by atoms with E-state index in [1.807, 2.05) is 31.2 Å². The van der Waals surface area contributed by atoms with Crippen LogP contribution < -0.4 is 0 Å². The van der Waals surface area contributed by atoms with Gasteiger partial charge in [0.2, 0.25) is 0 Å². The molecule has 0 aliphatic heterocycles. The van der Waals surface area contributed by atoms with E-state index in [9.17, 15) is 10.2 Å². The number of aryl methyl sites for hydroxylation is 1. The molecule has 0 radical (unpaired) electrons. The molecule has 0 spiro atoms. The SMILES string of the molecule is CC(C)(C)c1ccc(-c2ccc(C(C)(C)C)c(O)c2)cc1.Cc1ccc(C(C)C)c(O)c1. The monoisotopic (exact) mass is 432 g/mol. The number of phenols is 2. The van der Waals surface area contributed by atoms with Crippen LogP contribution in [0.5, 0.6) is 11.5 Å². The molecular weight excluding hydrogens is 392 g/mol. The smallest absolute Gasteiger partial charge is 0.119 e. The minimum absolute atomic E-state index is 0.0430. The molecule has 32 heavy (non-hydrogen) atoms. The summed E-state index contributed by atoms with van der Waals surface area (Å²) >= 11 is 0. The van der Waals surface area contributed by atoms with E-state index < -0.39 is 0 Å². The number of phenolic OH excluding ortho intramolecular Hbond substituents is 2. The minimum atomic E-state index is -0.0430. The lowest BCUT2D eigenvalue weighted by Crippen LogP contribution is -2.11. The third-order valence-electron chi connectivity index (χ3n) is 5.70. The van der Waals surface area contributed by atoms with E-state index in [0.29, 0.717) is 17.4 Å². The van der Waals surface area contributed by atoms with Gasteiger partial charge in [0.05, 0.1) is 0 Å². The predicted molar refractivity (Wildman–Crippen MR) is 138 cm³/mol. The van der Waals surface area contributed by atoms with E-state index in [2.05, 4.69) is 85.7 Å². The Morgan fingerprint density at radius 1 is 0.625 bits per heavy atom. The summed E-state index contributed by atoms with van der Waals surface area (Å²) in [5.74, 6) is 1.19. The van der Waals surface area contributed by atoms with Gasteiger partial charge in [-0.1, -0.05) is 104 Å². The molecule has 2 heteroatoms. The standard InChI is InChI=1S/C20H26O.C10H14O/c1-19(2,3)16-10-7-14(8-11-16)15-9-12-17(18(21)13-15)20(4,5)6;1-7(2)9-5-4-8(3)6-10(9)11/h7-13,21H,1-6H3;4-7,11H,1-3H3. The lowest BCUT2D eigenvalue weighted by atomic mass is 9.84. The largest absolute Gasteiger partial charge is 0.508 e. The zero-order valence-corrected chi connectivity index (χ0v) is 21.2. The molecule has 2 nitrogen and oxygen atoms in total. The van der Waals surface area contributed by atoms with E-state index in [1.165, 1.54) is 5.56 Å². The Hall–Kier alpha value is -2.74. The highest BCUT2D eigenvalue weighted by Crippen LogP contribution is 2.34. The minimum Gasteiger partial charge on any atom is -0.508 e. The van der Waals surface area contributed by atoms with Crippen molar-refractivity contribution in [3.63, 3.8) is 0 Å². The molecule has 0 bridgehead atoms. The molecule has 0 aromatic heterocycles. The lowest BCUT2D eigenvalue weighted by molar-refractivity contribution is 0.447. The maximum Gasteiger partial charge on any atom is 0.119 e. The van der Waals surface area contributed by atoms with Crippen molar-refractivity contribution in [2.24, 2.45) is 0 Å². The van der Waals surface area contributed by atoms with E-state index in [4.69, 9.17) is 0 Å². The van der Waals surface area contributed by atoms with Gasteiger partial charge in [0.1, 0.15) is 11.5 Å². The fourth-order valence-electron chi connectivity index (χ4n) is 3.65. The first-order valence-electron chi connectivity index (χ1n) is 11.4. The molecule has 0 amide bonds. The van der Waals surface area contributed by atoms with E-state index in [-0.39, 0.29) is 10.8 Å². The van der Waals surface area contributed by atoms with Crippen molar-refractivity contribution in [1.82, 2.24) is 0 Å². The van der Waals surface area contributed by atoms with Gasteiger partial charge in [0, 0.05) is 0 Å². The fourth-order valence-corrected chi connectivity index (χ4v) is 3.65. The molecule has 0 saturated heterocycles. The van der Waals surface area contributed by atoms with Crippen LogP contribution in [0.15, 0.2) is 60.7 Å². The predicted octanol–water partition coefficient (Wildman–Crippen LogP) is 8.48. The average molecular weight is 433 g/mol. The van der Waals surface area contributed by atoms with Crippen LogP contribution in [0.1, 0.15) is 83.6 Å². The highest BCUT2D eigenvalue weighted by Gasteiger charge is 2.18. The molecule has 172 valence electrons. The number of aromatic hydroxyl groups is 2. The first-order valence-corrected chi connectivity index (χ1v) is 11.4. The van der Waals surface area contributed by atoms with E-state index in [0.717, 1.165) is 27.8 Å². The molecule has 3 aromatic rings. The van der Waals surface area contributed by atoms with Crippen LogP contribution >= 0.6 is 0 Å². The van der Waals surface area contributed by atoms with Crippen LogP contribution in [-0.2, 0) is 10.8 Å². The summed E-state index contributed by atoms with van der Waals surface area (Å²) < 4.78 is 0. The second kappa shape index (κ2) is 9.81. The van der Waals surface area contributed by atoms with Gasteiger partial charge in [-0.05, 0) is 69.2 Å². The topological polar surface area (TPSA) is 40.5 Å². The van der Waals surface area contributed by atoms with Crippen molar-refractivity contribution in [3.8, 4) is 22.6 Å². The summed E-state index contributed by atoms with van der Waals surface area (Å²) in [5.41, 5.74) is 6.75. The molecule has 3 rings (SSSR count). The van der Waals surface area contributed by atoms with Crippen molar-refractivity contribution in [3.05, 3.63) is 82.9 Å². The second-order valence-electron chi connectivity index (χ2n) is 11.0. The lowest BCUT2D eigenvalue weighted by Gasteiger charge is -2.21. The third kappa shape index (κ3) is 6.63. The zero-order chi connectivity index (χ0) is 24.3. The van der Waals surface area contributed by atoms with Gasteiger partial charge in [0.15, 0.2) is 0 Å². The van der Waals surface area contributed by atoms with Gasteiger partial charge in [-0.3, -0.25) is 0 Å². The third-order valence-corrected chi connectivity index (χ3v) is 5.70. The van der Waals surface area contributed by atoms with Gasteiger partial charge in [-0.15, -0.1) is 0 Å². The number of hydrogen-bond donors (Lipinski definition) is 2. The first kappa shape index (κ1) is 25.5. The Balaban J connectivity index is 0.000000278. The first-order chi connectivity index (χ1) is 14.7. The second-order valence-corrected chi connectivity index (χ2v) is 11.0. The highest BCUT2D eigenvalue weighted by molar-refractivity contribution is 5.66. The van der Waals surface area contributed by atoms with Crippen molar-refractivity contribution in [2.45, 2.75) is 79.1 Å². The maximum atomic E-state index is 10.3. The van der Waals surface area contributed by atoms with Crippen molar-refractivity contribution in [2.75, 3.05) is 0 Å². The molecule has 0 saturated carbocycles. The Kier molecular flexibility index (Phi) is 7.83. The fraction of sp³-hybridized carbons (Fsp3) is 0.400. The maximum absolute atomic E-state index is 10.3. The molecular formula is C30H40O2. The molecule has 0 aliphatic carbocycles. The molecule has 0 aliphatic rings. The summed E-state index contributed by atoms with van der Waals surface area (Å²) in [4.78, 5) is 0. The zero-order valence-electron chi connectivity index (χ0n) is 21.2. The molecule has 0 atom stereocenters. The average Bonchev–Trinajstić information content (AvgIpc) is 2.66. The number of rotatable bonds is 2. The van der Waals surface area contributed by atoms with Gasteiger partial charge in [-0.25, -0.2) is 0 Å². The Bertz CT molecular complexity index is 1030. The van der Waals surface area contributed by atoms with E-state index >= 15 is 0 Å². The summed E-state index contributed by atoms with van der Waals surface area (Å²) in [5, 5.41) is 19.7. The van der Waals surface area contributed by atoms with Gasteiger partial charge < -0.3 is 10.2 Å². The van der Waals surface area contributed by atoms with Crippen molar-refractivity contribution >= 4 is 0 Å². The Morgan fingerprint density at radius 2 is 1.19 bits per heavy atom. The van der Waals surface area contributed by atoms with Crippen LogP contribution in [0.4, 0.5) is 0 Å². The normalized spacial score (nSPS) is 11.8. The Labute approximate surface area is 195 Å². The molecule has 0 fully saturated rings. The van der Waals surface area contributed by atoms with Crippen LogP contribution in [0, 0.1) is 6.92 Å². The van der Waals surface area contributed by atoms with E-state index in [1.54, 1.807) is 6.07 Å². The number of hydrogen-bond acceptors (Lipinski definition) is 2. The highest BCUT2D eigenvalue weighted by atomic mass is 16.3. The van der Waals surface area contributed by atoms with Crippen LogP contribution in [0.3, 0.4) is 0 Å². The molecule has 3 aromatic carbocycles. The number of benzene rings is 3. The summed E-state index contributed by atoms with van der Waals surface area (Å²) in [6.45, 7) is 19.1. The quantitative estimate of drug-likeness (QED) is 0.426. The summed E-state index contributed by atoms with van der Waals surface area (Å²) in [6.07, 6.45) is 0. The van der Waals surface area contributed by atoms with Crippen LogP contribution in [0.25, 0.3) is 11.1 Å². The van der Waals surface area contributed by atoms with Crippen LogP contribution in [0.2, 0.25) is 0 Å². The van der Waals surface area contributed by atoms with Gasteiger partial charge >= 0.3 is 0 Å². The van der Waals surface area contributed by atoms with Crippen LogP contribution in [-0.4, -0.2) is 10.2 Å². The molecule has 0 heterocycles. The summed E-state index contributed by atoms with van der Waals surface area (Å²) in [7, 11) is 0. The summed E-state index contributed by atoms with van der Waals surface area (Å²) in [6, 6.07) is 20.4. The Morgan fingerprint density at radius 3 is 1.62 bits per heavy atom. The molecule has 0 unspecified atom stereocenters. The van der Waals surface area contributed by atoms with Gasteiger partial charge in [-0.2, -0.15) is 0 Å². The van der Waals surface area contributed by atoms with Crippen molar-refractivity contribution < 1.29 is 10.2 Å².